The number of ether oxygens (including phenoxy) is 2. The molecule has 1 N–H and O–H groups in total. The van der Waals surface area contributed by atoms with Crippen LogP contribution in [0.5, 0.6) is 0 Å². The lowest BCUT2D eigenvalue weighted by molar-refractivity contribution is 0.0963. The topological polar surface area (TPSA) is 38.7 Å². The van der Waals surface area contributed by atoms with E-state index in [-0.39, 0.29) is 6.61 Å². The number of allylic oxidation sites excluding steroid dienone is 3. The summed E-state index contributed by atoms with van der Waals surface area (Å²) in [5.41, 5.74) is 0. The molecule has 0 saturated carbocycles. The maximum atomic E-state index is 8.49. The van der Waals surface area contributed by atoms with E-state index in [9.17, 15) is 0 Å². The third-order valence-corrected chi connectivity index (χ3v) is 1.59. The highest BCUT2D eigenvalue weighted by Crippen LogP contribution is 1.97. The van der Waals surface area contributed by atoms with Gasteiger partial charge in [0.15, 0.2) is 0 Å². The maximum absolute atomic E-state index is 8.49. The lowest BCUT2D eigenvalue weighted by Gasteiger charge is -2.05. The molecule has 0 bridgehead atoms. The molecule has 0 aliphatic rings. The fourth-order valence-electron chi connectivity index (χ4n) is 0.856. The van der Waals surface area contributed by atoms with Crippen molar-refractivity contribution in [3.05, 3.63) is 37.1 Å². The summed E-state index contributed by atoms with van der Waals surface area (Å²) >= 11 is 0. The van der Waals surface area contributed by atoms with Crippen molar-refractivity contribution in [3.63, 3.8) is 0 Å². The van der Waals surface area contributed by atoms with E-state index in [4.69, 9.17) is 14.6 Å². The van der Waals surface area contributed by atoms with E-state index in [2.05, 4.69) is 13.2 Å². The van der Waals surface area contributed by atoms with Crippen molar-refractivity contribution in [1.29, 1.82) is 0 Å². The normalized spacial score (nSPS) is 9.59. The van der Waals surface area contributed by atoms with Crippen LogP contribution in [0.25, 0.3) is 0 Å². The Balaban J connectivity index is 0. The van der Waals surface area contributed by atoms with E-state index in [1.807, 2.05) is 13.8 Å². The van der Waals surface area contributed by atoms with E-state index < -0.39 is 0 Å². The zero-order chi connectivity index (χ0) is 13.4. The molecule has 0 saturated heterocycles. The van der Waals surface area contributed by atoms with Crippen molar-refractivity contribution in [1.82, 2.24) is 0 Å². The van der Waals surface area contributed by atoms with E-state index in [1.54, 1.807) is 18.2 Å². The van der Waals surface area contributed by atoms with Crippen LogP contribution in [0.4, 0.5) is 0 Å². The SMILES string of the molecule is C=C/C=C\C(=C)OCCCOCCCO.CC. The monoisotopic (exact) mass is 242 g/mol. The minimum Gasteiger partial charge on any atom is -0.494 e. The Kier molecular flexibility index (Phi) is 18.7. The zero-order valence-corrected chi connectivity index (χ0v) is 11.2. The van der Waals surface area contributed by atoms with Crippen LogP contribution >= 0.6 is 0 Å². The summed E-state index contributed by atoms with van der Waals surface area (Å²) in [7, 11) is 0. The van der Waals surface area contributed by atoms with Crippen molar-refractivity contribution in [2.45, 2.75) is 26.7 Å². The molecule has 17 heavy (non-hydrogen) atoms. The largest absolute Gasteiger partial charge is 0.494 e. The summed E-state index contributed by atoms with van der Waals surface area (Å²) in [6.07, 6.45) is 6.73. The Morgan fingerprint density at radius 2 is 1.82 bits per heavy atom. The van der Waals surface area contributed by atoms with E-state index in [0.29, 0.717) is 32.0 Å². The van der Waals surface area contributed by atoms with Crippen LogP contribution in [-0.4, -0.2) is 31.5 Å². The van der Waals surface area contributed by atoms with Gasteiger partial charge in [0.1, 0.15) is 5.76 Å². The van der Waals surface area contributed by atoms with Gasteiger partial charge >= 0.3 is 0 Å². The van der Waals surface area contributed by atoms with Gasteiger partial charge < -0.3 is 14.6 Å². The first-order valence-corrected chi connectivity index (χ1v) is 6.10. The second-order valence-electron chi connectivity index (χ2n) is 2.95. The van der Waals surface area contributed by atoms with Gasteiger partial charge in [-0.3, -0.25) is 0 Å². The van der Waals surface area contributed by atoms with Crippen LogP contribution in [0, 0.1) is 0 Å². The molecule has 0 aliphatic heterocycles. The molecule has 0 aromatic carbocycles. The van der Waals surface area contributed by atoms with Crippen LogP contribution < -0.4 is 0 Å². The van der Waals surface area contributed by atoms with Crippen molar-refractivity contribution in [3.8, 4) is 0 Å². The molecule has 0 amide bonds. The summed E-state index contributed by atoms with van der Waals surface area (Å²) < 4.78 is 10.5. The number of aliphatic hydroxyl groups is 1. The first-order chi connectivity index (χ1) is 8.31. The number of aliphatic hydroxyl groups excluding tert-OH is 1. The lowest BCUT2D eigenvalue weighted by atomic mass is 10.4. The number of hydrogen-bond donors (Lipinski definition) is 1. The van der Waals surface area contributed by atoms with E-state index in [0.717, 1.165) is 6.42 Å². The van der Waals surface area contributed by atoms with Crippen LogP contribution in [-0.2, 0) is 9.47 Å². The smallest absolute Gasteiger partial charge is 0.112 e. The van der Waals surface area contributed by atoms with Gasteiger partial charge in [-0.2, -0.15) is 0 Å². The van der Waals surface area contributed by atoms with Gasteiger partial charge in [0.05, 0.1) is 6.61 Å². The van der Waals surface area contributed by atoms with Crippen LogP contribution in [0.1, 0.15) is 26.7 Å². The van der Waals surface area contributed by atoms with Crippen LogP contribution in [0.15, 0.2) is 37.1 Å². The highest BCUT2D eigenvalue weighted by atomic mass is 16.5. The fraction of sp³-hybridized carbons (Fsp3) is 0.571. The number of rotatable bonds is 10. The average molecular weight is 242 g/mol. The lowest BCUT2D eigenvalue weighted by Crippen LogP contribution is -2.02. The van der Waals surface area contributed by atoms with E-state index in [1.165, 1.54) is 0 Å². The van der Waals surface area contributed by atoms with Gasteiger partial charge in [0, 0.05) is 26.2 Å². The molecule has 3 nitrogen and oxygen atoms in total. The Hall–Kier alpha value is -1.06. The van der Waals surface area contributed by atoms with E-state index >= 15 is 0 Å². The first kappa shape index (κ1) is 18.3. The predicted molar refractivity (Wildman–Crippen MR) is 72.9 cm³/mol. The van der Waals surface area contributed by atoms with Crippen molar-refractivity contribution >= 4 is 0 Å². The average Bonchev–Trinajstić information content (AvgIpc) is 2.37. The predicted octanol–water partition coefficient (Wildman–Crippen LogP) is 3.07. The molecule has 0 fully saturated rings. The highest BCUT2D eigenvalue weighted by molar-refractivity contribution is 5.12. The Labute approximate surface area is 105 Å². The van der Waals surface area contributed by atoms with Gasteiger partial charge in [-0.15, -0.1) is 0 Å². The van der Waals surface area contributed by atoms with Crippen LogP contribution in [0.2, 0.25) is 0 Å². The third kappa shape index (κ3) is 17.5. The van der Waals surface area contributed by atoms with Gasteiger partial charge in [0.25, 0.3) is 0 Å². The standard InChI is InChI=1S/C12H20O3.C2H6/c1-3-4-7-12(2)15-11-6-10-14-9-5-8-13;1-2/h3-4,7,13H,1-2,5-6,8-11H2;1-2H3/b7-4-;. The Bertz CT molecular complexity index is 198. The third-order valence-electron chi connectivity index (χ3n) is 1.59. The van der Waals surface area contributed by atoms with Crippen molar-refractivity contribution in [2.75, 3.05) is 26.4 Å². The van der Waals surface area contributed by atoms with Crippen LogP contribution in [0.3, 0.4) is 0 Å². The molecule has 0 spiro atoms. The number of hydrogen-bond acceptors (Lipinski definition) is 3. The molecule has 100 valence electrons. The Morgan fingerprint density at radius 1 is 1.18 bits per heavy atom. The molecule has 0 aromatic rings. The minimum absolute atomic E-state index is 0.180. The highest BCUT2D eigenvalue weighted by Gasteiger charge is 1.91. The van der Waals surface area contributed by atoms with Crippen molar-refractivity contribution in [2.24, 2.45) is 0 Å². The quantitative estimate of drug-likeness (QED) is 0.363. The van der Waals surface area contributed by atoms with Gasteiger partial charge in [0.2, 0.25) is 0 Å². The Morgan fingerprint density at radius 3 is 2.41 bits per heavy atom. The van der Waals surface area contributed by atoms with Gasteiger partial charge in [-0.1, -0.05) is 39.2 Å². The molecule has 0 atom stereocenters. The second kappa shape index (κ2) is 17.3. The van der Waals surface area contributed by atoms with Crippen molar-refractivity contribution < 1.29 is 14.6 Å². The molecule has 0 aromatic heterocycles. The second-order valence-corrected chi connectivity index (χ2v) is 2.95. The van der Waals surface area contributed by atoms with Gasteiger partial charge in [-0.05, 0) is 12.5 Å². The molecule has 0 heterocycles. The molecular weight excluding hydrogens is 216 g/mol. The molecule has 0 radical (unpaired) electrons. The zero-order valence-electron chi connectivity index (χ0n) is 11.2. The molecule has 3 heteroatoms. The fourth-order valence-corrected chi connectivity index (χ4v) is 0.856. The van der Waals surface area contributed by atoms with Gasteiger partial charge in [-0.25, -0.2) is 0 Å². The maximum Gasteiger partial charge on any atom is 0.112 e. The summed E-state index contributed by atoms with van der Waals surface area (Å²) in [4.78, 5) is 0. The molecule has 0 aliphatic carbocycles. The summed E-state index contributed by atoms with van der Waals surface area (Å²) in [6.45, 7) is 13.3. The molecule has 0 unspecified atom stereocenters. The minimum atomic E-state index is 0.180. The molecule has 0 rings (SSSR count). The summed E-state index contributed by atoms with van der Waals surface area (Å²) in [6, 6.07) is 0. The summed E-state index contributed by atoms with van der Waals surface area (Å²) in [5, 5.41) is 8.49. The summed E-state index contributed by atoms with van der Waals surface area (Å²) in [5.74, 6) is 0.630. The molecular formula is C14H26O3. The first-order valence-electron chi connectivity index (χ1n) is 6.10.